The summed E-state index contributed by atoms with van der Waals surface area (Å²) in [5.74, 6) is 0.162. The lowest BCUT2D eigenvalue weighted by Gasteiger charge is -2.02. The molecule has 76 valence electrons. The maximum atomic E-state index is 11.5. The first kappa shape index (κ1) is 10.9. The smallest absolute Gasteiger partial charge is 0.176 e. The van der Waals surface area contributed by atoms with Crippen LogP contribution in [-0.4, -0.2) is 18.9 Å². The minimum Gasteiger partial charge on any atom is -0.310 e. The van der Waals surface area contributed by atoms with Crippen LogP contribution in [0.25, 0.3) is 0 Å². The van der Waals surface area contributed by atoms with Crippen LogP contribution in [0.5, 0.6) is 0 Å². The topological polar surface area (TPSA) is 29.1 Å². The maximum absolute atomic E-state index is 11.5. The number of aryl methyl sites for hydroxylation is 1. The van der Waals surface area contributed by atoms with Gasteiger partial charge in [0, 0.05) is 5.56 Å². The number of nitrogens with one attached hydrogen (secondary N) is 1. The Hall–Kier alpha value is -1.15. The van der Waals surface area contributed by atoms with E-state index in [0.29, 0.717) is 6.54 Å². The third kappa shape index (κ3) is 2.96. The molecule has 0 heterocycles. The standard InChI is InChI=1S/C12H17NO/c1-3-10-5-7-11(8-6-10)12(14)9-13-4-2/h5-8,13H,3-4,9H2,1-2H3. The largest absolute Gasteiger partial charge is 0.310 e. The number of likely N-dealkylation sites (N-methyl/N-ethyl adjacent to an activating group) is 1. The molecule has 0 amide bonds. The van der Waals surface area contributed by atoms with Gasteiger partial charge in [-0.3, -0.25) is 4.79 Å². The van der Waals surface area contributed by atoms with Gasteiger partial charge in [-0.05, 0) is 18.5 Å². The quantitative estimate of drug-likeness (QED) is 0.722. The highest BCUT2D eigenvalue weighted by Gasteiger charge is 2.03. The van der Waals surface area contributed by atoms with E-state index in [0.717, 1.165) is 18.5 Å². The van der Waals surface area contributed by atoms with Crippen LogP contribution in [0.1, 0.15) is 29.8 Å². The van der Waals surface area contributed by atoms with Gasteiger partial charge < -0.3 is 5.32 Å². The normalized spacial score (nSPS) is 10.1. The molecule has 0 saturated heterocycles. The summed E-state index contributed by atoms with van der Waals surface area (Å²) in [4.78, 5) is 11.5. The molecule has 0 spiro atoms. The molecule has 1 aromatic carbocycles. The molecule has 0 aromatic heterocycles. The minimum atomic E-state index is 0.162. The Balaban J connectivity index is 2.62. The molecule has 1 N–H and O–H groups in total. The van der Waals surface area contributed by atoms with E-state index in [9.17, 15) is 4.79 Å². The van der Waals surface area contributed by atoms with Crippen LogP contribution in [0.15, 0.2) is 24.3 Å². The molecule has 0 atom stereocenters. The van der Waals surface area contributed by atoms with E-state index in [1.807, 2.05) is 31.2 Å². The number of benzene rings is 1. The zero-order chi connectivity index (χ0) is 10.4. The summed E-state index contributed by atoms with van der Waals surface area (Å²) in [7, 11) is 0. The summed E-state index contributed by atoms with van der Waals surface area (Å²) >= 11 is 0. The number of carbonyl (C=O) groups excluding carboxylic acids is 1. The molecule has 2 nitrogen and oxygen atoms in total. The van der Waals surface area contributed by atoms with Gasteiger partial charge in [0.2, 0.25) is 0 Å². The number of carbonyl (C=O) groups is 1. The lowest BCUT2D eigenvalue weighted by Crippen LogP contribution is -2.22. The van der Waals surface area contributed by atoms with Crippen molar-refractivity contribution in [1.29, 1.82) is 0 Å². The summed E-state index contributed by atoms with van der Waals surface area (Å²) in [6.07, 6.45) is 1.02. The van der Waals surface area contributed by atoms with Gasteiger partial charge in [0.25, 0.3) is 0 Å². The number of hydrogen-bond acceptors (Lipinski definition) is 2. The van der Waals surface area contributed by atoms with Gasteiger partial charge in [0.1, 0.15) is 0 Å². The highest BCUT2D eigenvalue weighted by atomic mass is 16.1. The minimum absolute atomic E-state index is 0.162. The third-order valence-corrected chi connectivity index (χ3v) is 2.22. The highest BCUT2D eigenvalue weighted by Crippen LogP contribution is 2.05. The first-order valence-electron chi connectivity index (χ1n) is 5.10. The second-order valence-electron chi connectivity index (χ2n) is 3.25. The molecule has 0 aliphatic heterocycles. The van der Waals surface area contributed by atoms with Crippen LogP contribution in [0.4, 0.5) is 0 Å². The fraction of sp³-hybridized carbons (Fsp3) is 0.417. The Kier molecular flexibility index (Phi) is 4.33. The first-order chi connectivity index (χ1) is 6.77. The van der Waals surface area contributed by atoms with E-state index in [2.05, 4.69) is 12.2 Å². The Morgan fingerprint density at radius 3 is 2.36 bits per heavy atom. The van der Waals surface area contributed by atoms with Crippen LogP contribution in [-0.2, 0) is 6.42 Å². The van der Waals surface area contributed by atoms with E-state index in [1.165, 1.54) is 5.56 Å². The van der Waals surface area contributed by atoms with Crippen LogP contribution in [0, 0.1) is 0 Å². The maximum Gasteiger partial charge on any atom is 0.176 e. The Morgan fingerprint density at radius 2 is 1.86 bits per heavy atom. The van der Waals surface area contributed by atoms with Gasteiger partial charge in [0.05, 0.1) is 6.54 Å². The number of ketones is 1. The molecule has 2 heteroatoms. The van der Waals surface area contributed by atoms with Crippen molar-refractivity contribution in [2.75, 3.05) is 13.1 Å². The third-order valence-electron chi connectivity index (χ3n) is 2.22. The van der Waals surface area contributed by atoms with Crippen molar-refractivity contribution in [1.82, 2.24) is 5.32 Å². The molecular weight excluding hydrogens is 174 g/mol. The highest BCUT2D eigenvalue weighted by molar-refractivity contribution is 5.97. The van der Waals surface area contributed by atoms with Crippen LogP contribution >= 0.6 is 0 Å². The number of hydrogen-bond donors (Lipinski definition) is 1. The van der Waals surface area contributed by atoms with Crippen molar-refractivity contribution >= 4 is 5.78 Å². The van der Waals surface area contributed by atoms with E-state index >= 15 is 0 Å². The monoisotopic (exact) mass is 191 g/mol. The molecule has 0 aliphatic carbocycles. The van der Waals surface area contributed by atoms with Crippen molar-refractivity contribution < 1.29 is 4.79 Å². The van der Waals surface area contributed by atoms with E-state index < -0.39 is 0 Å². The summed E-state index contributed by atoms with van der Waals surface area (Å²) < 4.78 is 0. The zero-order valence-corrected chi connectivity index (χ0v) is 8.84. The van der Waals surface area contributed by atoms with Crippen molar-refractivity contribution in [2.24, 2.45) is 0 Å². The van der Waals surface area contributed by atoms with Gasteiger partial charge in [-0.15, -0.1) is 0 Å². The predicted molar refractivity (Wildman–Crippen MR) is 58.7 cm³/mol. The lowest BCUT2D eigenvalue weighted by atomic mass is 10.1. The van der Waals surface area contributed by atoms with Gasteiger partial charge >= 0.3 is 0 Å². The Labute approximate surface area is 85.3 Å². The van der Waals surface area contributed by atoms with Gasteiger partial charge in [-0.1, -0.05) is 38.1 Å². The predicted octanol–water partition coefficient (Wildman–Crippen LogP) is 2.04. The summed E-state index contributed by atoms with van der Waals surface area (Å²) in [6.45, 7) is 5.36. The fourth-order valence-electron chi connectivity index (χ4n) is 1.27. The molecule has 14 heavy (non-hydrogen) atoms. The Morgan fingerprint density at radius 1 is 1.21 bits per heavy atom. The average molecular weight is 191 g/mol. The second-order valence-corrected chi connectivity index (χ2v) is 3.25. The first-order valence-corrected chi connectivity index (χ1v) is 5.10. The number of Topliss-reactive ketones (excluding diaryl/α,β-unsaturated/α-hetero) is 1. The molecule has 0 radical (unpaired) electrons. The fourth-order valence-corrected chi connectivity index (χ4v) is 1.27. The van der Waals surface area contributed by atoms with E-state index in [4.69, 9.17) is 0 Å². The van der Waals surface area contributed by atoms with E-state index in [1.54, 1.807) is 0 Å². The lowest BCUT2D eigenvalue weighted by molar-refractivity contribution is 0.0992. The number of rotatable bonds is 5. The molecule has 0 bridgehead atoms. The van der Waals surface area contributed by atoms with Gasteiger partial charge in [0.15, 0.2) is 5.78 Å². The molecule has 0 aliphatic rings. The van der Waals surface area contributed by atoms with Gasteiger partial charge in [-0.25, -0.2) is 0 Å². The van der Waals surface area contributed by atoms with Crippen molar-refractivity contribution in [3.05, 3.63) is 35.4 Å². The van der Waals surface area contributed by atoms with Crippen molar-refractivity contribution in [2.45, 2.75) is 20.3 Å². The SMILES string of the molecule is CCNCC(=O)c1ccc(CC)cc1. The van der Waals surface area contributed by atoms with Crippen LogP contribution in [0.2, 0.25) is 0 Å². The summed E-state index contributed by atoms with van der Waals surface area (Å²) in [6, 6.07) is 7.83. The zero-order valence-electron chi connectivity index (χ0n) is 8.84. The second kappa shape index (κ2) is 5.55. The van der Waals surface area contributed by atoms with Crippen LogP contribution in [0.3, 0.4) is 0 Å². The molecule has 1 aromatic rings. The molecule has 1 rings (SSSR count). The molecule has 0 unspecified atom stereocenters. The van der Waals surface area contributed by atoms with Gasteiger partial charge in [-0.2, -0.15) is 0 Å². The Bertz CT molecular complexity index is 290. The molecule has 0 fully saturated rings. The van der Waals surface area contributed by atoms with Crippen molar-refractivity contribution in [3.8, 4) is 0 Å². The molecular formula is C12H17NO. The van der Waals surface area contributed by atoms with Crippen LogP contribution < -0.4 is 5.32 Å². The summed E-state index contributed by atoms with van der Waals surface area (Å²) in [5, 5.41) is 3.03. The summed E-state index contributed by atoms with van der Waals surface area (Å²) in [5.41, 5.74) is 2.06. The molecule has 0 saturated carbocycles. The average Bonchev–Trinajstić information content (AvgIpc) is 2.26. The van der Waals surface area contributed by atoms with Crippen molar-refractivity contribution in [3.63, 3.8) is 0 Å². The van der Waals surface area contributed by atoms with E-state index in [-0.39, 0.29) is 5.78 Å².